The summed E-state index contributed by atoms with van der Waals surface area (Å²) in [4.78, 5) is 25.3. The number of hydrogen-bond donors (Lipinski definition) is 1. The van der Waals surface area contributed by atoms with E-state index in [9.17, 15) is 0 Å². The second kappa shape index (κ2) is 51.2. The number of aryl methyl sites for hydroxylation is 9. The van der Waals surface area contributed by atoms with Crippen LogP contribution in [0.15, 0.2) is 72.8 Å². The van der Waals surface area contributed by atoms with Gasteiger partial charge in [-0.25, -0.2) is 6.57 Å². The SMILES string of the molecule is CC.CC.CC.CC.CC.CC.CC.CC(=O)O.Cc1nc(C)c2ccccc2c1C.Cc1nc(C)c2ccccc2c1C.Cc1nc(C)c2ccccc2c1C.[C-]#N.[C-]#[N+]C.[Cu+]. The molecular formula is C55H88CuN5O2. The van der Waals surface area contributed by atoms with Crippen molar-refractivity contribution in [3.05, 3.63) is 142 Å². The first kappa shape index (κ1) is 75.2. The van der Waals surface area contributed by atoms with E-state index in [2.05, 4.69) is 155 Å². The number of nitrogens with zero attached hydrogens (tertiary/aromatic N) is 5. The number of pyridine rings is 3. The molecule has 0 radical (unpaired) electrons. The third-order valence-electron chi connectivity index (χ3n) is 7.80. The summed E-state index contributed by atoms with van der Waals surface area (Å²) in [6, 6.07) is 25.3. The first-order valence-corrected chi connectivity index (χ1v) is 22.4. The molecule has 0 fully saturated rings. The van der Waals surface area contributed by atoms with Crippen LogP contribution in [0.2, 0.25) is 0 Å². The van der Waals surface area contributed by atoms with E-state index in [0.717, 1.165) is 41.1 Å². The average Bonchev–Trinajstić information content (AvgIpc) is 3.32. The Hall–Kier alpha value is -5.14. The predicted octanol–water partition coefficient (Wildman–Crippen LogP) is 17.4. The molecule has 0 saturated heterocycles. The number of carboxylic acid groups (broad SMARTS) is 1. The number of benzene rings is 3. The molecule has 0 aliphatic rings. The summed E-state index contributed by atoms with van der Waals surface area (Å²) in [5, 5.41) is 21.5. The molecule has 0 aliphatic carbocycles. The monoisotopic (exact) mass is 914 g/mol. The summed E-state index contributed by atoms with van der Waals surface area (Å²) in [5.41, 5.74) is 10.7. The first-order chi connectivity index (χ1) is 29.7. The van der Waals surface area contributed by atoms with Gasteiger partial charge in [-0.15, -0.1) is 0 Å². The van der Waals surface area contributed by atoms with Gasteiger partial charge in [0.25, 0.3) is 5.97 Å². The summed E-state index contributed by atoms with van der Waals surface area (Å²) < 4.78 is 0. The van der Waals surface area contributed by atoms with E-state index in [0.29, 0.717) is 0 Å². The van der Waals surface area contributed by atoms with Crippen molar-refractivity contribution in [2.45, 2.75) is 166 Å². The number of carbonyl (C=O) groups is 1. The van der Waals surface area contributed by atoms with Gasteiger partial charge in [0.15, 0.2) is 0 Å². The van der Waals surface area contributed by atoms with Crippen molar-refractivity contribution in [1.82, 2.24) is 15.0 Å². The van der Waals surface area contributed by atoms with Crippen molar-refractivity contribution in [3.8, 4) is 0 Å². The zero-order chi connectivity index (χ0) is 50.6. The van der Waals surface area contributed by atoms with Crippen LogP contribution in [0.4, 0.5) is 0 Å². The largest absolute Gasteiger partial charge is 1.00 e. The number of hydrogen-bond acceptors (Lipinski definition) is 5. The Kier molecular flexibility index (Phi) is 61.2. The molecule has 6 aromatic rings. The standard InChI is InChI=1S/3C12H13N.C2H3N.C2H4O2.7C2H6.CN.Cu/c3*1-8-9(2)13-10(3)12-7-5-4-6-11(8)12;1-3-2;1-2(3)4;8*1-2;/h3*4-7H,1-3H3;1H3;1H3,(H,3,4);7*1-2H3;;/q;;;;;;;;;;;;-1;+1. The predicted molar refractivity (Wildman–Crippen MR) is 278 cm³/mol. The first-order valence-electron chi connectivity index (χ1n) is 22.4. The van der Waals surface area contributed by atoms with Crippen LogP contribution >= 0.6 is 0 Å². The zero-order valence-corrected chi connectivity index (χ0v) is 45.3. The summed E-state index contributed by atoms with van der Waals surface area (Å²) in [7, 11) is 1.42. The average molecular weight is 915 g/mol. The molecule has 0 bridgehead atoms. The molecular weight excluding hydrogens is 826 g/mol. The van der Waals surface area contributed by atoms with E-state index >= 15 is 0 Å². The second-order valence-electron chi connectivity index (χ2n) is 11.1. The molecule has 3 aromatic carbocycles. The molecule has 1 N–H and O–H groups in total. The molecule has 356 valence electrons. The van der Waals surface area contributed by atoms with Crippen molar-refractivity contribution in [3.63, 3.8) is 0 Å². The fourth-order valence-electron chi connectivity index (χ4n) is 5.15. The van der Waals surface area contributed by atoms with Gasteiger partial charge in [-0.1, -0.05) is 170 Å². The number of fused-ring (bicyclic) bond motifs is 3. The van der Waals surface area contributed by atoms with Crippen LogP contribution in [-0.4, -0.2) is 33.1 Å². The van der Waals surface area contributed by atoms with Crippen LogP contribution in [0.1, 0.15) is 155 Å². The Labute approximate surface area is 398 Å². The van der Waals surface area contributed by atoms with E-state index in [1.165, 1.54) is 56.1 Å². The van der Waals surface area contributed by atoms with E-state index in [-0.39, 0.29) is 17.1 Å². The third kappa shape index (κ3) is 29.7. The minimum Gasteiger partial charge on any atom is -0.512 e. The van der Waals surface area contributed by atoms with Gasteiger partial charge in [0, 0.05) is 57.2 Å². The van der Waals surface area contributed by atoms with Gasteiger partial charge < -0.3 is 21.8 Å². The van der Waals surface area contributed by atoms with Crippen molar-refractivity contribution < 1.29 is 27.0 Å². The van der Waals surface area contributed by atoms with Crippen molar-refractivity contribution in [1.29, 1.82) is 5.26 Å². The minimum absolute atomic E-state index is 0. The Bertz CT molecular complexity index is 1850. The molecule has 0 spiro atoms. The van der Waals surface area contributed by atoms with Crippen LogP contribution in [0.25, 0.3) is 37.2 Å². The number of carboxylic acids is 1. The summed E-state index contributed by atoms with van der Waals surface area (Å²) >= 11 is 0. The van der Waals surface area contributed by atoms with Crippen molar-refractivity contribution in [2.75, 3.05) is 7.05 Å². The van der Waals surface area contributed by atoms with Gasteiger partial charge in [-0.05, 0) is 95.2 Å². The Balaban J connectivity index is -0.0000000967. The Morgan fingerprint density at radius 2 is 0.556 bits per heavy atom. The van der Waals surface area contributed by atoms with Gasteiger partial charge in [0.05, 0.1) is 0 Å². The molecule has 3 heterocycles. The van der Waals surface area contributed by atoms with Crippen molar-refractivity contribution >= 4 is 38.3 Å². The van der Waals surface area contributed by atoms with E-state index in [1.54, 1.807) is 0 Å². The summed E-state index contributed by atoms with van der Waals surface area (Å²) in [6.07, 6.45) is 0. The Morgan fingerprint density at radius 1 is 0.429 bits per heavy atom. The molecule has 3 aromatic heterocycles. The Morgan fingerprint density at radius 3 is 0.698 bits per heavy atom. The van der Waals surface area contributed by atoms with Crippen LogP contribution < -0.4 is 0 Å². The van der Waals surface area contributed by atoms with Crippen molar-refractivity contribution in [2.24, 2.45) is 0 Å². The molecule has 6 rings (SSSR count). The molecule has 0 amide bonds. The van der Waals surface area contributed by atoms with Gasteiger partial charge in [-0.2, -0.15) is 0 Å². The molecule has 7 nitrogen and oxygen atoms in total. The molecule has 0 atom stereocenters. The van der Waals surface area contributed by atoms with Gasteiger partial charge in [-0.3, -0.25) is 19.7 Å². The van der Waals surface area contributed by atoms with E-state index in [4.69, 9.17) is 28.3 Å². The zero-order valence-electron chi connectivity index (χ0n) is 44.3. The smallest absolute Gasteiger partial charge is 0.512 e. The molecule has 0 saturated carbocycles. The fraction of sp³-hybridized carbons (Fsp3) is 0.455. The maximum absolute atomic E-state index is 9.00. The van der Waals surface area contributed by atoms with Crippen LogP contribution in [-0.2, 0) is 21.9 Å². The van der Waals surface area contributed by atoms with Gasteiger partial charge in [0.2, 0.25) is 7.05 Å². The van der Waals surface area contributed by atoms with Crippen LogP contribution in [0, 0.1) is 80.7 Å². The molecule has 8 heteroatoms. The second-order valence-corrected chi connectivity index (χ2v) is 11.1. The maximum atomic E-state index is 9.00. The number of aromatic nitrogens is 3. The number of rotatable bonds is 0. The topological polar surface area (TPSA) is 104 Å². The molecule has 0 aliphatic heterocycles. The summed E-state index contributed by atoms with van der Waals surface area (Å²) in [5.74, 6) is -0.833. The van der Waals surface area contributed by atoms with Gasteiger partial charge in [0.1, 0.15) is 0 Å². The fourth-order valence-corrected chi connectivity index (χ4v) is 5.15. The third-order valence-corrected chi connectivity index (χ3v) is 7.80. The molecule has 0 unspecified atom stereocenters. The van der Waals surface area contributed by atoms with E-state index < -0.39 is 5.97 Å². The van der Waals surface area contributed by atoms with Crippen LogP contribution in [0.5, 0.6) is 0 Å². The number of aliphatic carboxylic acids is 1. The quantitative estimate of drug-likeness (QED) is 0.120. The van der Waals surface area contributed by atoms with E-state index in [1.807, 2.05) is 96.9 Å². The van der Waals surface area contributed by atoms with Crippen LogP contribution in [0.3, 0.4) is 0 Å². The van der Waals surface area contributed by atoms with Gasteiger partial charge >= 0.3 is 17.1 Å². The minimum atomic E-state index is -0.833. The summed E-state index contributed by atoms with van der Waals surface area (Å²) in [6.45, 7) is 58.4. The normalized spacial score (nSPS) is 7.84. The molecule has 63 heavy (non-hydrogen) atoms. The maximum Gasteiger partial charge on any atom is 1.00 e.